The third kappa shape index (κ3) is 4.86. The first kappa shape index (κ1) is 23.6. The molecule has 3 N–H and O–H groups in total. The predicted molar refractivity (Wildman–Crippen MR) is 117 cm³/mol. The molecule has 1 aliphatic carbocycles. The molecular formula is C24H24F2N2O6. The molecule has 2 aromatic rings. The topological polar surface area (TPSA) is 114 Å². The lowest BCUT2D eigenvalue weighted by molar-refractivity contribution is -0.164. The van der Waals surface area contributed by atoms with Crippen molar-refractivity contribution in [3.8, 4) is 11.1 Å². The van der Waals surface area contributed by atoms with Gasteiger partial charge in [-0.2, -0.15) is 8.78 Å². The molecule has 0 aromatic heterocycles. The van der Waals surface area contributed by atoms with E-state index < -0.39 is 42.5 Å². The Morgan fingerprint density at radius 2 is 1.65 bits per heavy atom. The fourth-order valence-corrected chi connectivity index (χ4v) is 4.37. The molecule has 0 unspecified atom stereocenters. The largest absolute Gasteiger partial charge is 0.477 e. The van der Waals surface area contributed by atoms with Gasteiger partial charge in [0.1, 0.15) is 12.7 Å². The van der Waals surface area contributed by atoms with Crippen molar-refractivity contribution in [3.05, 3.63) is 59.7 Å². The van der Waals surface area contributed by atoms with Crippen molar-refractivity contribution in [2.75, 3.05) is 26.3 Å². The van der Waals surface area contributed by atoms with Crippen LogP contribution >= 0.6 is 0 Å². The first-order valence-corrected chi connectivity index (χ1v) is 10.9. The molecule has 4 rings (SSSR count). The first-order valence-electron chi connectivity index (χ1n) is 10.9. The Hall–Kier alpha value is -3.53. The lowest BCUT2D eigenvalue weighted by atomic mass is 9.98. The van der Waals surface area contributed by atoms with Gasteiger partial charge in [0.2, 0.25) is 5.91 Å². The maximum atomic E-state index is 13.2. The molecule has 8 nitrogen and oxygen atoms in total. The molecule has 0 spiro atoms. The van der Waals surface area contributed by atoms with Gasteiger partial charge < -0.3 is 25.2 Å². The number of carboxylic acid groups (broad SMARTS) is 1. The van der Waals surface area contributed by atoms with Gasteiger partial charge in [-0.15, -0.1) is 0 Å². The van der Waals surface area contributed by atoms with Gasteiger partial charge >= 0.3 is 18.0 Å². The van der Waals surface area contributed by atoms with E-state index in [4.69, 9.17) is 14.6 Å². The number of hydrogen-bond donors (Lipinski definition) is 3. The molecule has 2 aliphatic rings. The van der Waals surface area contributed by atoms with Crippen LogP contribution in [0.3, 0.4) is 0 Å². The summed E-state index contributed by atoms with van der Waals surface area (Å²) in [7, 11) is 0. The van der Waals surface area contributed by atoms with Crippen molar-refractivity contribution in [1.82, 2.24) is 10.6 Å². The number of rotatable bonds is 8. The van der Waals surface area contributed by atoms with Gasteiger partial charge in [0.25, 0.3) is 0 Å². The number of amides is 2. The number of alkyl halides is 2. The molecule has 0 radical (unpaired) electrons. The van der Waals surface area contributed by atoms with Crippen LogP contribution in [0, 0.1) is 5.92 Å². The number of halogens is 2. The number of carboxylic acids is 1. The van der Waals surface area contributed by atoms with Crippen LogP contribution in [0.4, 0.5) is 13.6 Å². The van der Waals surface area contributed by atoms with Crippen LogP contribution in [-0.2, 0) is 19.1 Å². The van der Waals surface area contributed by atoms with Crippen LogP contribution in [0.2, 0.25) is 0 Å². The fraction of sp³-hybridized carbons (Fsp3) is 0.375. The first-order chi connectivity index (χ1) is 16.3. The summed E-state index contributed by atoms with van der Waals surface area (Å²) in [5, 5.41) is 13.0. The molecule has 34 heavy (non-hydrogen) atoms. The third-order valence-electron chi connectivity index (χ3n) is 6.12. The average molecular weight is 474 g/mol. The Labute approximate surface area is 194 Å². The molecule has 1 heterocycles. The number of aliphatic carboxylic acids is 1. The molecule has 2 atom stereocenters. The molecule has 10 heteroatoms. The molecular weight excluding hydrogens is 450 g/mol. The molecule has 2 amide bonds. The Bertz CT molecular complexity index is 1050. The monoisotopic (exact) mass is 474 g/mol. The molecule has 180 valence electrons. The number of carbonyl (C=O) groups is 3. The second-order valence-electron chi connectivity index (χ2n) is 8.27. The molecule has 1 saturated heterocycles. The van der Waals surface area contributed by atoms with Crippen molar-refractivity contribution in [1.29, 1.82) is 0 Å². The second-order valence-corrected chi connectivity index (χ2v) is 8.27. The number of carbonyl (C=O) groups excluding carboxylic acids is 2. The SMILES string of the molecule is O=C(NC[C@H]1CCO[C@H]1C(=O)NCC(F)(F)C(=O)O)OCC1c2ccccc2-c2ccccc21. The zero-order valence-electron chi connectivity index (χ0n) is 18.1. The van der Waals surface area contributed by atoms with E-state index in [0.29, 0.717) is 6.42 Å². The van der Waals surface area contributed by atoms with Crippen LogP contribution in [-0.4, -0.2) is 61.4 Å². The lowest BCUT2D eigenvalue weighted by Crippen LogP contribution is -2.47. The Morgan fingerprint density at radius 3 is 2.26 bits per heavy atom. The number of fused-ring (bicyclic) bond motifs is 3. The van der Waals surface area contributed by atoms with Gasteiger partial charge in [-0.05, 0) is 28.7 Å². The van der Waals surface area contributed by atoms with Gasteiger partial charge in [-0.25, -0.2) is 9.59 Å². The van der Waals surface area contributed by atoms with Crippen molar-refractivity contribution >= 4 is 18.0 Å². The molecule has 1 aliphatic heterocycles. The highest BCUT2D eigenvalue weighted by molar-refractivity contribution is 5.83. The Morgan fingerprint density at radius 1 is 1.03 bits per heavy atom. The number of nitrogens with one attached hydrogen (secondary N) is 2. The predicted octanol–water partition coefficient (Wildman–Crippen LogP) is 2.77. The summed E-state index contributed by atoms with van der Waals surface area (Å²) in [6.07, 6.45) is -1.30. The minimum absolute atomic E-state index is 0.0457. The van der Waals surface area contributed by atoms with Crippen molar-refractivity contribution in [2.24, 2.45) is 5.92 Å². The van der Waals surface area contributed by atoms with Crippen LogP contribution in [0.5, 0.6) is 0 Å². The highest BCUT2D eigenvalue weighted by Crippen LogP contribution is 2.44. The number of alkyl carbamates (subject to hydrolysis) is 1. The highest BCUT2D eigenvalue weighted by Gasteiger charge is 2.41. The van der Waals surface area contributed by atoms with E-state index in [-0.39, 0.29) is 25.7 Å². The number of hydrogen-bond acceptors (Lipinski definition) is 5. The van der Waals surface area contributed by atoms with E-state index in [2.05, 4.69) is 5.32 Å². The minimum Gasteiger partial charge on any atom is -0.477 e. The van der Waals surface area contributed by atoms with E-state index in [1.54, 1.807) is 0 Å². The summed E-state index contributed by atoms with van der Waals surface area (Å²) in [6.45, 7) is -0.947. The smallest absolute Gasteiger partial charge is 0.407 e. The van der Waals surface area contributed by atoms with Gasteiger partial charge in [0, 0.05) is 25.0 Å². The van der Waals surface area contributed by atoms with Gasteiger partial charge in [-0.1, -0.05) is 48.5 Å². The lowest BCUT2D eigenvalue weighted by Gasteiger charge is -2.20. The second kappa shape index (κ2) is 9.76. The van der Waals surface area contributed by atoms with Crippen LogP contribution < -0.4 is 10.6 Å². The molecule has 1 fully saturated rings. The summed E-state index contributed by atoms with van der Waals surface area (Å²) in [5.41, 5.74) is 4.38. The minimum atomic E-state index is -4.08. The van der Waals surface area contributed by atoms with E-state index in [1.807, 2.05) is 53.8 Å². The molecule has 0 saturated carbocycles. The quantitative estimate of drug-likeness (QED) is 0.542. The maximum Gasteiger partial charge on any atom is 0.407 e. The average Bonchev–Trinajstić information content (AvgIpc) is 3.42. The molecule has 2 aromatic carbocycles. The van der Waals surface area contributed by atoms with Crippen LogP contribution in [0.1, 0.15) is 23.5 Å². The van der Waals surface area contributed by atoms with Gasteiger partial charge in [0.15, 0.2) is 0 Å². The van der Waals surface area contributed by atoms with E-state index in [9.17, 15) is 23.2 Å². The summed E-state index contributed by atoms with van der Waals surface area (Å²) in [6, 6.07) is 15.9. The summed E-state index contributed by atoms with van der Waals surface area (Å²) < 4.78 is 37.2. The Kier molecular flexibility index (Phi) is 6.78. The van der Waals surface area contributed by atoms with Gasteiger partial charge in [-0.3, -0.25) is 4.79 Å². The van der Waals surface area contributed by atoms with Crippen molar-refractivity contribution in [2.45, 2.75) is 24.4 Å². The van der Waals surface area contributed by atoms with Crippen LogP contribution in [0.25, 0.3) is 11.1 Å². The third-order valence-corrected chi connectivity index (χ3v) is 6.12. The zero-order chi connectivity index (χ0) is 24.3. The number of ether oxygens (including phenoxy) is 2. The van der Waals surface area contributed by atoms with Crippen molar-refractivity contribution < 1.29 is 37.7 Å². The molecule has 0 bridgehead atoms. The summed E-state index contributed by atoms with van der Waals surface area (Å²) >= 11 is 0. The zero-order valence-corrected chi connectivity index (χ0v) is 18.1. The van der Waals surface area contributed by atoms with Gasteiger partial charge in [0.05, 0.1) is 6.54 Å². The van der Waals surface area contributed by atoms with E-state index >= 15 is 0 Å². The Balaban J connectivity index is 1.29. The van der Waals surface area contributed by atoms with E-state index in [1.165, 1.54) is 0 Å². The summed E-state index contributed by atoms with van der Waals surface area (Å²) in [5.74, 6) is -7.81. The number of benzene rings is 2. The van der Waals surface area contributed by atoms with E-state index in [0.717, 1.165) is 22.3 Å². The standard InChI is InChI=1S/C24H24F2N2O6/c25-24(26,22(30)31)13-28-21(29)20-14(9-10-33-20)11-27-23(32)34-12-19-17-7-3-1-5-15(17)16-6-2-4-8-18(16)19/h1-8,14,19-20H,9-13H2,(H,27,32)(H,28,29)(H,30,31)/t14-,20-/m1/s1. The highest BCUT2D eigenvalue weighted by atomic mass is 19.3. The van der Waals surface area contributed by atoms with Crippen molar-refractivity contribution in [3.63, 3.8) is 0 Å². The van der Waals surface area contributed by atoms with Crippen LogP contribution in [0.15, 0.2) is 48.5 Å². The fourth-order valence-electron chi connectivity index (χ4n) is 4.37. The normalized spacial score (nSPS) is 19.2. The summed E-state index contributed by atoms with van der Waals surface area (Å²) in [4.78, 5) is 35.0. The maximum absolute atomic E-state index is 13.2.